The molecule has 1 aromatic carbocycles. The predicted molar refractivity (Wildman–Crippen MR) is 109 cm³/mol. The molecular weight excluding hydrogens is 422 g/mol. The summed E-state index contributed by atoms with van der Waals surface area (Å²) in [6, 6.07) is 8.35. The fourth-order valence-corrected chi connectivity index (χ4v) is 4.38. The van der Waals surface area contributed by atoms with E-state index in [1.807, 2.05) is 17.5 Å². The predicted octanol–water partition coefficient (Wildman–Crippen LogP) is 4.63. The fourth-order valence-electron chi connectivity index (χ4n) is 2.70. The van der Waals surface area contributed by atoms with Crippen molar-refractivity contribution in [2.24, 2.45) is 0 Å². The van der Waals surface area contributed by atoms with Crippen molar-refractivity contribution in [1.82, 2.24) is 14.8 Å². The van der Waals surface area contributed by atoms with Gasteiger partial charge in [-0.2, -0.15) is 0 Å². The summed E-state index contributed by atoms with van der Waals surface area (Å²) in [7, 11) is 0. The highest BCUT2D eigenvalue weighted by Gasteiger charge is 2.30. The van der Waals surface area contributed by atoms with Crippen LogP contribution in [0, 0.1) is 10.1 Å². The van der Waals surface area contributed by atoms with Crippen LogP contribution in [0.15, 0.2) is 40.9 Å². The monoisotopic (exact) mass is 435 g/mol. The molecule has 0 radical (unpaired) electrons. The Bertz CT molecular complexity index is 1030. The minimum Gasteiger partial charge on any atom is -0.320 e. The van der Waals surface area contributed by atoms with Crippen LogP contribution in [0.25, 0.3) is 10.7 Å². The first-order valence-electron chi connectivity index (χ1n) is 8.38. The third-order valence-electron chi connectivity index (χ3n) is 4.08. The molecule has 1 aliphatic rings. The van der Waals surface area contributed by atoms with Crippen molar-refractivity contribution in [3.8, 4) is 10.7 Å². The summed E-state index contributed by atoms with van der Waals surface area (Å²) in [5, 5.41) is 25.2. The average molecular weight is 436 g/mol. The van der Waals surface area contributed by atoms with Gasteiger partial charge in [-0.15, -0.1) is 21.5 Å². The fraction of sp³-hybridized carbons (Fsp3) is 0.235. The van der Waals surface area contributed by atoms with Crippen molar-refractivity contribution in [3.63, 3.8) is 0 Å². The third-order valence-corrected chi connectivity index (χ3v) is 6.12. The number of amides is 1. The van der Waals surface area contributed by atoms with Gasteiger partial charge >= 0.3 is 0 Å². The van der Waals surface area contributed by atoms with E-state index >= 15 is 0 Å². The summed E-state index contributed by atoms with van der Waals surface area (Å²) in [6.07, 6.45) is 2.12. The molecule has 1 aliphatic carbocycles. The van der Waals surface area contributed by atoms with Crippen molar-refractivity contribution >= 4 is 52.0 Å². The lowest BCUT2D eigenvalue weighted by Gasteiger charge is -2.08. The summed E-state index contributed by atoms with van der Waals surface area (Å²) < 4.78 is 2.08. The molecule has 1 fully saturated rings. The number of carbonyl (C=O) groups excluding carboxylic acids is 1. The Morgan fingerprint density at radius 2 is 2.21 bits per heavy atom. The Morgan fingerprint density at radius 1 is 1.39 bits per heavy atom. The molecule has 4 rings (SSSR count). The molecule has 28 heavy (non-hydrogen) atoms. The van der Waals surface area contributed by atoms with Gasteiger partial charge in [0.15, 0.2) is 11.0 Å². The molecule has 1 saturated carbocycles. The lowest BCUT2D eigenvalue weighted by Crippen LogP contribution is -2.15. The zero-order chi connectivity index (χ0) is 19.7. The summed E-state index contributed by atoms with van der Waals surface area (Å²) in [5.74, 6) is 0.489. The molecule has 11 heteroatoms. The zero-order valence-corrected chi connectivity index (χ0v) is 16.8. The van der Waals surface area contributed by atoms with Crippen molar-refractivity contribution in [1.29, 1.82) is 0 Å². The smallest absolute Gasteiger partial charge is 0.292 e. The summed E-state index contributed by atoms with van der Waals surface area (Å²) >= 11 is 8.74. The van der Waals surface area contributed by atoms with Gasteiger partial charge in [-0.05, 0) is 36.4 Å². The van der Waals surface area contributed by atoms with Crippen LogP contribution < -0.4 is 5.32 Å². The maximum absolute atomic E-state index is 12.4. The number of nitrogens with zero attached hydrogens (tertiary/aromatic N) is 4. The number of nitro groups is 1. The van der Waals surface area contributed by atoms with Gasteiger partial charge in [-0.3, -0.25) is 19.5 Å². The molecule has 8 nitrogen and oxygen atoms in total. The molecule has 0 unspecified atom stereocenters. The van der Waals surface area contributed by atoms with Crippen molar-refractivity contribution in [2.75, 3.05) is 11.1 Å². The Kier molecular flexibility index (Phi) is 5.33. The van der Waals surface area contributed by atoms with Crippen LogP contribution in [-0.4, -0.2) is 31.3 Å². The van der Waals surface area contributed by atoms with E-state index in [9.17, 15) is 14.9 Å². The van der Waals surface area contributed by atoms with Crippen LogP contribution in [0.4, 0.5) is 11.4 Å². The van der Waals surface area contributed by atoms with Crippen LogP contribution in [-0.2, 0) is 4.79 Å². The summed E-state index contributed by atoms with van der Waals surface area (Å²) in [5.41, 5.74) is -0.130. The van der Waals surface area contributed by atoms with Gasteiger partial charge in [-0.1, -0.05) is 29.4 Å². The number of carbonyl (C=O) groups is 1. The highest BCUT2D eigenvalue weighted by molar-refractivity contribution is 7.99. The van der Waals surface area contributed by atoms with Crippen molar-refractivity contribution < 1.29 is 9.72 Å². The second kappa shape index (κ2) is 7.90. The maximum atomic E-state index is 12.4. The van der Waals surface area contributed by atoms with E-state index < -0.39 is 4.92 Å². The Hall–Kier alpha value is -2.43. The highest BCUT2D eigenvalue weighted by Crippen LogP contribution is 2.41. The number of rotatable bonds is 7. The minimum atomic E-state index is -0.559. The van der Waals surface area contributed by atoms with E-state index in [1.54, 1.807) is 11.3 Å². The van der Waals surface area contributed by atoms with Gasteiger partial charge in [0.1, 0.15) is 5.69 Å². The number of hydrogen-bond acceptors (Lipinski definition) is 7. The van der Waals surface area contributed by atoms with Gasteiger partial charge in [0, 0.05) is 17.1 Å². The van der Waals surface area contributed by atoms with Gasteiger partial charge in [-0.25, -0.2) is 0 Å². The molecule has 2 heterocycles. The van der Waals surface area contributed by atoms with E-state index in [-0.39, 0.29) is 23.0 Å². The van der Waals surface area contributed by atoms with Gasteiger partial charge in [0.25, 0.3) is 5.69 Å². The second-order valence-electron chi connectivity index (χ2n) is 6.14. The largest absolute Gasteiger partial charge is 0.320 e. The molecule has 0 aliphatic heterocycles. The van der Waals surface area contributed by atoms with E-state index in [0.29, 0.717) is 16.2 Å². The van der Waals surface area contributed by atoms with Crippen LogP contribution in [0.2, 0.25) is 5.02 Å². The van der Waals surface area contributed by atoms with Crippen molar-refractivity contribution in [2.45, 2.75) is 24.0 Å². The molecule has 0 saturated heterocycles. The highest BCUT2D eigenvalue weighted by atomic mass is 35.5. The third kappa shape index (κ3) is 4.03. The van der Waals surface area contributed by atoms with Crippen LogP contribution in [0.1, 0.15) is 18.9 Å². The number of aromatic nitrogens is 3. The van der Waals surface area contributed by atoms with E-state index in [2.05, 4.69) is 20.1 Å². The molecule has 0 spiro atoms. The van der Waals surface area contributed by atoms with Crippen LogP contribution >= 0.6 is 34.7 Å². The summed E-state index contributed by atoms with van der Waals surface area (Å²) in [6.45, 7) is 0. The first-order chi connectivity index (χ1) is 13.5. The molecule has 144 valence electrons. The van der Waals surface area contributed by atoms with E-state index in [0.717, 1.165) is 23.5 Å². The van der Waals surface area contributed by atoms with E-state index in [4.69, 9.17) is 11.6 Å². The number of thiophene rings is 1. The number of anilines is 1. The average Bonchev–Trinajstić information content (AvgIpc) is 3.17. The number of hydrogen-bond donors (Lipinski definition) is 1. The Labute approximate surface area is 173 Å². The number of nitrogens with one attached hydrogen (secondary N) is 1. The molecule has 0 bridgehead atoms. The number of halogens is 1. The van der Waals surface area contributed by atoms with Crippen LogP contribution in [0.3, 0.4) is 0 Å². The molecule has 1 amide bonds. The van der Waals surface area contributed by atoms with E-state index in [1.165, 1.54) is 30.0 Å². The first kappa shape index (κ1) is 18.9. The molecule has 1 N–H and O–H groups in total. The molecule has 0 atom stereocenters. The zero-order valence-electron chi connectivity index (χ0n) is 14.4. The number of nitro benzene ring substituents is 1. The lowest BCUT2D eigenvalue weighted by atomic mass is 10.2. The topological polar surface area (TPSA) is 103 Å². The van der Waals surface area contributed by atoms with Gasteiger partial charge < -0.3 is 5.32 Å². The number of thioether (sulfide) groups is 1. The van der Waals surface area contributed by atoms with Gasteiger partial charge in [0.2, 0.25) is 5.91 Å². The normalized spacial score (nSPS) is 13.5. The second-order valence-corrected chi connectivity index (χ2v) is 8.47. The molecule has 3 aromatic rings. The minimum absolute atomic E-state index is 0.0545. The standard InChI is InChI=1S/C17H14ClN5O3S2/c18-10-3-6-13(23(25)26)12(8-10)19-15(24)9-28-17-21-20-16(14-2-1-7-27-14)22(17)11-4-5-11/h1-3,6-8,11H,4-5,9H2,(H,19,24). The number of benzene rings is 1. The summed E-state index contributed by atoms with van der Waals surface area (Å²) in [4.78, 5) is 23.9. The quantitative estimate of drug-likeness (QED) is 0.329. The van der Waals surface area contributed by atoms with Crippen molar-refractivity contribution in [3.05, 3.63) is 50.8 Å². The maximum Gasteiger partial charge on any atom is 0.292 e. The molecular formula is C17H14ClN5O3S2. The van der Waals surface area contributed by atoms with Crippen LogP contribution in [0.5, 0.6) is 0 Å². The lowest BCUT2D eigenvalue weighted by molar-refractivity contribution is -0.383. The Morgan fingerprint density at radius 3 is 2.89 bits per heavy atom. The Balaban J connectivity index is 1.48. The first-order valence-corrected chi connectivity index (χ1v) is 10.6. The van der Waals surface area contributed by atoms with Gasteiger partial charge in [0.05, 0.1) is 15.6 Å². The SMILES string of the molecule is O=C(CSc1nnc(-c2cccs2)n1C1CC1)Nc1cc(Cl)ccc1[N+](=O)[O-]. The molecule has 2 aromatic heterocycles.